The number of thiazole rings is 1. The third kappa shape index (κ3) is 3.88. The molecule has 2 saturated heterocycles. The van der Waals surface area contributed by atoms with Gasteiger partial charge in [0, 0.05) is 44.3 Å². The molecule has 0 aliphatic carbocycles. The summed E-state index contributed by atoms with van der Waals surface area (Å²) in [5.74, 6) is 1.42. The Bertz CT molecular complexity index is 665. The fraction of sp³-hybridized carbons (Fsp3) is 0.556. The summed E-state index contributed by atoms with van der Waals surface area (Å²) in [6.45, 7) is 6.04. The molecule has 25 heavy (non-hydrogen) atoms. The number of anilines is 1. The van der Waals surface area contributed by atoms with Gasteiger partial charge in [0.15, 0.2) is 5.13 Å². The van der Waals surface area contributed by atoms with E-state index in [-0.39, 0.29) is 5.92 Å². The van der Waals surface area contributed by atoms with Gasteiger partial charge in [0.25, 0.3) is 0 Å². The van der Waals surface area contributed by atoms with Crippen molar-refractivity contribution in [2.45, 2.75) is 19.4 Å². The van der Waals surface area contributed by atoms with Crippen LogP contribution in [-0.2, 0) is 11.3 Å². The summed E-state index contributed by atoms with van der Waals surface area (Å²) in [6, 6.07) is 3.92. The second-order valence-corrected chi connectivity index (χ2v) is 7.65. The van der Waals surface area contributed by atoms with Gasteiger partial charge in [-0.05, 0) is 31.5 Å². The van der Waals surface area contributed by atoms with Crippen LogP contribution in [0.1, 0.15) is 18.6 Å². The average molecular weight is 360 g/mol. The summed E-state index contributed by atoms with van der Waals surface area (Å²) in [7, 11) is 0. The standard InChI is InChI=1S/C18H24N4O2S/c23-17(21-7-9-22(10-8-21)18-19-5-12-25-18)15-3-1-6-20(13-15)14-16-4-2-11-24-16/h2,4-5,11-12,15H,1,3,6-10,13-14H2/t15-/m1/s1. The fourth-order valence-electron chi connectivity index (χ4n) is 3.77. The topological polar surface area (TPSA) is 52.8 Å². The molecular formula is C18H24N4O2S. The number of rotatable bonds is 4. The number of carbonyl (C=O) groups excluding carboxylic acids is 1. The first-order valence-corrected chi connectivity index (χ1v) is 9.85. The molecule has 134 valence electrons. The molecule has 0 aromatic carbocycles. The second-order valence-electron chi connectivity index (χ2n) is 6.78. The third-order valence-electron chi connectivity index (χ3n) is 5.10. The molecule has 2 aliphatic heterocycles. The van der Waals surface area contributed by atoms with E-state index in [1.54, 1.807) is 17.6 Å². The minimum absolute atomic E-state index is 0.120. The zero-order valence-corrected chi connectivity index (χ0v) is 15.2. The lowest BCUT2D eigenvalue weighted by molar-refractivity contribution is -0.137. The highest BCUT2D eigenvalue weighted by molar-refractivity contribution is 7.13. The van der Waals surface area contributed by atoms with Crippen molar-refractivity contribution in [2.75, 3.05) is 44.2 Å². The first kappa shape index (κ1) is 16.6. The van der Waals surface area contributed by atoms with E-state index in [1.807, 2.05) is 28.6 Å². The SMILES string of the molecule is O=C([C@@H]1CCCN(Cc2ccco2)C1)N1CCN(c2nccs2)CC1. The van der Waals surface area contributed by atoms with Crippen molar-refractivity contribution < 1.29 is 9.21 Å². The number of aromatic nitrogens is 1. The Morgan fingerprint density at radius 3 is 2.88 bits per heavy atom. The number of hydrogen-bond acceptors (Lipinski definition) is 6. The van der Waals surface area contributed by atoms with E-state index in [9.17, 15) is 4.79 Å². The van der Waals surface area contributed by atoms with E-state index in [0.29, 0.717) is 5.91 Å². The molecule has 2 fully saturated rings. The molecule has 6 nitrogen and oxygen atoms in total. The van der Waals surface area contributed by atoms with Crippen LogP contribution in [0.4, 0.5) is 5.13 Å². The molecule has 4 rings (SSSR count). The van der Waals surface area contributed by atoms with Crippen molar-refractivity contribution in [1.82, 2.24) is 14.8 Å². The van der Waals surface area contributed by atoms with E-state index in [4.69, 9.17) is 4.42 Å². The molecule has 0 bridgehead atoms. The van der Waals surface area contributed by atoms with Gasteiger partial charge >= 0.3 is 0 Å². The zero-order chi connectivity index (χ0) is 17.1. The Kier molecular flexibility index (Phi) is 5.03. The number of amides is 1. The molecule has 7 heteroatoms. The largest absolute Gasteiger partial charge is 0.468 e. The summed E-state index contributed by atoms with van der Waals surface area (Å²) in [5.41, 5.74) is 0. The number of carbonyl (C=O) groups is 1. The van der Waals surface area contributed by atoms with E-state index in [2.05, 4.69) is 14.8 Å². The molecule has 2 aromatic heterocycles. The molecule has 2 aliphatic rings. The van der Waals surface area contributed by atoms with Crippen LogP contribution in [-0.4, -0.2) is 60.0 Å². The molecule has 2 aromatic rings. The number of piperazine rings is 1. The Morgan fingerprint density at radius 1 is 1.28 bits per heavy atom. The first-order valence-electron chi connectivity index (χ1n) is 8.97. The second kappa shape index (κ2) is 7.58. The van der Waals surface area contributed by atoms with Gasteiger partial charge in [0.05, 0.1) is 18.7 Å². The third-order valence-corrected chi connectivity index (χ3v) is 5.93. The lowest BCUT2D eigenvalue weighted by Gasteiger charge is -2.38. The van der Waals surface area contributed by atoms with Crippen LogP contribution in [0.25, 0.3) is 0 Å². The molecule has 0 unspecified atom stereocenters. The average Bonchev–Trinajstić information content (AvgIpc) is 3.35. The van der Waals surface area contributed by atoms with E-state index >= 15 is 0 Å². The predicted octanol–water partition coefficient (Wildman–Crippen LogP) is 2.30. The lowest BCUT2D eigenvalue weighted by Crippen LogP contribution is -2.52. The van der Waals surface area contributed by atoms with Gasteiger partial charge in [-0.3, -0.25) is 9.69 Å². The maximum Gasteiger partial charge on any atom is 0.227 e. The van der Waals surface area contributed by atoms with Crippen LogP contribution in [0.15, 0.2) is 34.4 Å². The molecular weight excluding hydrogens is 336 g/mol. The maximum absolute atomic E-state index is 12.9. The van der Waals surface area contributed by atoms with Gasteiger partial charge in [-0.25, -0.2) is 4.98 Å². The Balaban J connectivity index is 1.30. The smallest absolute Gasteiger partial charge is 0.227 e. The summed E-state index contributed by atoms with van der Waals surface area (Å²) in [4.78, 5) is 24.0. The number of furan rings is 1. The van der Waals surface area contributed by atoms with Crippen LogP contribution in [0, 0.1) is 5.92 Å². The monoisotopic (exact) mass is 360 g/mol. The Hall–Kier alpha value is -1.86. The molecule has 4 heterocycles. The summed E-state index contributed by atoms with van der Waals surface area (Å²) >= 11 is 1.66. The molecule has 0 radical (unpaired) electrons. The fourth-order valence-corrected chi connectivity index (χ4v) is 4.47. The normalized spacial score (nSPS) is 22.3. The highest BCUT2D eigenvalue weighted by Gasteiger charge is 2.31. The van der Waals surface area contributed by atoms with Gasteiger partial charge in [0.2, 0.25) is 5.91 Å². The predicted molar refractivity (Wildman–Crippen MR) is 97.6 cm³/mol. The van der Waals surface area contributed by atoms with Gasteiger partial charge in [-0.2, -0.15) is 0 Å². The summed E-state index contributed by atoms with van der Waals surface area (Å²) in [6.07, 6.45) is 5.63. The highest BCUT2D eigenvalue weighted by atomic mass is 32.1. The first-order chi connectivity index (χ1) is 12.3. The van der Waals surface area contributed by atoms with Crippen LogP contribution in [0.3, 0.4) is 0 Å². The van der Waals surface area contributed by atoms with Crippen molar-refractivity contribution in [3.05, 3.63) is 35.7 Å². The van der Waals surface area contributed by atoms with E-state index in [1.165, 1.54) is 0 Å². The molecule has 1 amide bonds. The maximum atomic E-state index is 12.9. The Morgan fingerprint density at radius 2 is 2.16 bits per heavy atom. The van der Waals surface area contributed by atoms with E-state index < -0.39 is 0 Å². The number of piperidine rings is 1. The van der Waals surface area contributed by atoms with Crippen LogP contribution >= 0.6 is 11.3 Å². The number of hydrogen-bond donors (Lipinski definition) is 0. The zero-order valence-electron chi connectivity index (χ0n) is 14.3. The lowest BCUT2D eigenvalue weighted by atomic mass is 9.96. The van der Waals surface area contributed by atoms with Crippen LogP contribution in [0.5, 0.6) is 0 Å². The van der Waals surface area contributed by atoms with Gasteiger partial charge in [-0.1, -0.05) is 0 Å². The van der Waals surface area contributed by atoms with Crippen LogP contribution in [0.2, 0.25) is 0 Å². The molecule has 1 atom stereocenters. The summed E-state index contributed by atoms with van der Waals surface area (Å²) in [5, 5.41) is 3.07. The van der Waals surface area contributed by atoms with Crippen molar-refractivity contribution >= 4 is 22.4 Å². The number of likely N-dealkylation sites (tertiary alicyclic amines) is 1. The van der Waals surface area contributed by atoms with Gasteiger partial charge in [-0.15, -0.1) is 11.3 Å². The summed E-state index contributed by atoms with van der Waals surface area (Å²) < 4.78 is 5.45. The van der Waals surface area contributed by atoms with Crippen molar-refractivity contribution in [2.24, 2.45) is 5.92 Å². The van der Waals surface area contributed by atoms with Crippen molar-refractivity contribution in [3.8, 4) is 0 Å². The van der Waals surface area contributed by atoms with E-state index in [0.717, 1.165) is 69.5 Å². The van der Waals surface area contributed by atoms with Gasteiger partial charge in [0.1, 0.15) is 5.76 Å². The minimum atomic E-state index is 0.120. The molecule has 0 spiro atoms. The molecule has 0 saturated carbocycles. The van der Waals surface area contributed by atoms with Crippen molar-refractivity contribution in [3.63, 3.8) is 0 Å². The van der Waals surface area contributed by atoms with Gasteiger partial charge < -0.3 is 14.2 Å². The quantitative estimate of drug-likeness (QED) is 0.837. The van der Waals surface area contributed by atoms with Crippen molar-refractivity contribution in [1.29, 1.82) is 0 Å². The highest BCUT2D eigenvalue weighted by Crippen LogP contribution is 2.23. The van der Waals surface area contributed by atoms with Crippen LogP contribution < -0.4 is 4.90 Å². The Labute approximate surface area is 152 Å². The number of nitrogens with zero attached hydrogens (tertiary/aromatic N) is 4. The minimum Gasteiger partial charge on any atom is -0.468 e. The molecule has 0 N–H and O–H groups in total.